The lowest BCUT2D eigenvalue weighted by molar-refractivity contribution is -0.121. The first kappa shape index (κ1) is 58.0. The van der Waals surface area contributed by atoms with E-state index in [-0.39, 0.29) is 84.7 Å². The average molecular weight is 977 g/mol. The second kappa shape index (κ2) is 29.6. The molecule has 0 heterocycles. The Morgan fingerprint density at radius 1 is 0.451 bits per heavy atom. The number of hydrogen-bond acceptors (Lipinski definition) is 16. The van der Waals surface area contributed by atoms with Crippen molar-refractivity contribution < 1.29 is 64.0 Å². The summed E-state index contributed by atoms with van der Waals surface area (Å²) in [5.74, 6) is 5.93. The molecular formula is C52H60N6O13. The molecule has 0 spiro atoms. The molecule has 376 valence electrons. The van der Waals surface area contributed by atoms with Gasteiger partial charge in [0.25, 0.3) is 0 Å². The molecule has 0 aliphatic rings. The van der Waals surface area contributed by atoms with Crippen LogP contribution in [-0.2, 0) is 33.6 Å². The van der Waals surface area contributed by atoms with E-state index in [1.807, 2.05) is 5.43 Å². The highest BCUT2D eigenvalue weighted by Gasteiger charge is 2.11. The van der Waals surface area contributed by atoms with Gasteiger partial charge in [0.15, 0.2) is 5.78 Å². The lowest BCUT2D eigenvalue weighted by Crippen LogP contribution is -2.31. The molecule has 6 rings (SSSR count). The van der Waals surface area contributed by atoms with Crippen molar-refractivity contribution in [2.24, 2.45) is 16.0 Å². The molecule has 0 bridgehead atoms. The molecule has 0 aliphatic carbocycles. The van der Waals surface area contributed by atoms with Crippen LogP contribution in [0.1, 0.15) is 66.4 Å². The molecule has 0 fully saturated rings. The van der Waals surface area contributed by atoms with Crippen molar-refractivity contribution in [2.75, 3.05) is 21.3 Å². The predicted octanol–water partition coefficient (Wildman–Crippen LogP) is 6.54. The van der Waals surface area contributed by atoms with Gasteiger partial charge < -0.3 is 44.8 Å². The summed E-state index contributed by atoms with van der Waals surface area (Å²) in [4.78, 5) is 45.5. The molecule has 0 saturated heterocycles. The van der Waals surface area contributed by atoms with Crippen molar-refractivity contribution in [3.8, 4) is 51.7 Å². The molecule has 19 nitrogen and oxygen atoms in total. The van der Waals surface area contributed by atoms with Crippen molar-refractivity contribution in [1.29, 1.82) is 0 Å². The minimum Gasteiger partial charge on any atom is -0.508 e. The molecular weight excluding hydrogens is 917 g/mol. The number of phenols is 6. The van der Waals surface area contributed by atoms with Crippen LogP contribution in [0.5, 0.6) is 51.7 Å². The van der Waals surface area contributed by atoms with Crippen LogP contribution in [0, 0.1) is 0 Å². The largest absolute Gasteiger partial charge is 0.508 e. The van der Waals surface area contributed by atoms with Crippen molar-refractivity contribution in [2.45, 2.75) is 47.5 Å². The van der Waals surface area contributed by atoms with Crippen LogP contribution in [0.3, 0.4) is 0 Å². The molecule has 71 heavy (non-hydrogen) atoms. The highest BCUT2D eigenvalue weighted by Crippen LogP contribution is 2.26. The van der Waals surface area contributed by atoms with Gasteiger partial charge in [0.1, 0.15) is 51.7 Å². The Hall–Kier alpha value is -9.10. The quantitative estimate of drug-likeness (QED) is 0.0182. The highest BCUT2D eigenvalue weighted by molar-refractivity contribution is 6.02. The molecule has 0 aromatic heterocycles. The summed E-state index contributed by atoms with van der Waals surface area (Å²) in [6.07, 6.45) is 0.403. The summed E-state index contributed by atoms with van der Waals surface area (Å²) in [5, 5.41) is 63.8. The van der Waals surface area contributed by atoms with Gasteiger partial charge in [0.05, 0.1) is 57.6 Å². The third-order valence-corrected chi connectivity index (χ3v) is 9.40. The standard InChI is InChI=1S/2C17H18N2O4.C9H10O3.C8H10N2O2.CH4/c2*1-11(15-7-6-14(21)10-16(15)23-2)18-19-17(22)9-12-4-3-5-13(20)8-12;1-6(10)8-4-3-7(11)5-9(8)12-2;9-10-8(12)5-6-2-1-3-7(11)4-6;/h2*3-8,10,20-21H,9H2,1-2H3,(H,19,22);3-5,11H,1-2H3;1-4,11H,5,9H2,(H,10,12);1H4/b18-11+;18-11-;;;. The number of carbonyl (C=O) groups is 4. The molecule has 0 saturated carbocycles. The Morgan fingerprint density at radius 3 is 1.04 bits per heavy atom. The predicted molar refractivity (Wildman–Crippen MR) is 269 cm³/mol. The number of aromatic hydroxyl groups is 6. The summed E-state index contributed by atoms with van der Waals surface area (Å²) >= 11 is 0. The number of hydrazone groups is 2. The van der Waals surface area contributed by atoms with E-state index in [1.54, 1.807) is 80.6 Å². The second-order valence-electron chi connectivity index (χ2n) is 14.8. The van der Waals surface area contributed by atoms with E-state index in [0.717, 1.165) is 5.56 Å². The summed E-state index contributed by atoms with van der Waals surface area (Å²) < 4.78 is 15.3. The Kier molecular flexibility index (Phi) is 24.2. The van der Waals surface area contributed by atoms with E-state index >= 15 is 0 Å². The van der Waals surface area contributed by atoms with Crippen molar-refractivity contribution in [3.05, 3.63) is 161 Å². The number of nitrogens with two attached hydrogens (primary N) is 1. The molecule has 19 heteroatoms. The van der Waals surface area contributed by atoms with Gasteiger partial charge in [-0.3, -0.25) is 24.6 Å². The third kappa shape index (κ3) is 20.3. The van der Waals surface area contributed by atoms with Gasteiger partial charge >= 0.3 is 0 Å². The van der Waals surface area contributed by atoms with Gasteiger partial charge in [-0.05, 0) is 110 Å². The SMILES string of the molecule is C.COc1cc(O)ccc1/C(C)=N/NC(=O)Cc1cccc(O)c1.COc1cc(O)ccc1/C(C)=N\NC(=O)Cc1cccc(O)c1.COc1cc(O)ccc1C(C)=O.NNC(=O)Cc1cccc(O)c1. The fraction of sp³-hybridized carbons (Fsp3) is 0.192. The first-order valence-electron chi connectivity index (χ1n) is 21.0. The lowest BCUT2D eigenvalue weighted by Gasteiger charge is -2.09. The molecule has 0 radical (unpaired) electrons. The maximum atomic E-state index is 11.9. The molecule has 6 aromatic carbocycles. The number of methoxy groups -OCH3 is 3. The van der Waals surface area contributed by atoms with Gasteiger partial charge in [-0.2, -0.15) is 10.2 Å². The van der Waals surface area contributed by atoms with E-state index in [9.17, 15) is 39.6 Å². The first-order chi connectivity index (χ1) is 33.3. The van der Waals surface area contributed by atoms with Crippen molar-refractivity contribution in [1.82, 2.24) is 16.3 Å². The number of nitrogens with one attached hydrogen (secondary N) is 3. The van der Waals surface area contributed by atoms with Crippen molar-refractivity contribution >= 4 is 34.9 Å². The summed E-state index contributed by atoms with van der Waals surface area (Å²) in [7, 11) is 4.44. The number of phenolic OH excluding ortho intramolecular Hbond substituents is 6. The zero-order valence-corrected chi connectivity index (χ0v) is 39.3. The number of benzene rings is 6. The van der Waals surface area contributed by atoms with Gasteiger partial charge in [0.2, 0.25) is 17.7 Å². The summed E-state index contributed by atoms with van der Waals surface area (Å²) in [5.41, 5.74) is 12.0. The number of hydrogen-bond donors (Lipinski definition) is 10. The normalized spacial score (nSPS) is 10.4. The maximum absolute atomic E-state index is 11.9. The first-order valence-corrected chi connectivity index (χ1v) is 21.0. The molecule has 0 unspecified atom stereocenters. The zero-order chi connectivity index (χ0) is 51.8. The number of ketones is 1. The van der Waals surface area contributed by atoms with Crippen LogP contribution >= 0.6 is 0 Å². The summed E-state index contributed by atoms with van der Waals surface area (Å²) in [6, 6.07) is 33.2. The average Bonchev–Trinajstić information content (AvgIpc) is 3.32. The Bertz CT molecular complexity index is 2670. The van der Waals surface area contributed by atoms with Gasteiger partial charge in [-0.15, -0.1) is 0 Å². The van der Waals surface area contributed by atoms with E-state index in [1.165, 1.54) is 88.9 Å². The van der Waals surface area contributed by atoms with Gasteiger partial charge in [-0.25, -0.2) is 16.7 Å². The molecule has 0 aliphatic heterocycles. The Labute approximate surface area is 411 Å². The Balaban J connectivity index is 0.000000338. The number of carbonyl (C=O) groups excluding carboxylic acids is 4. The van der Waals surface area contributed by atoms with Crippen LogP contribution in [0.25, 0.3) is 0 Å². The van der Waals surface area contributed by atoms with Gasteiger partial charge in [0, 0.05) is 29.3 Å². The molecule has 6 aromatic rings. The number of ether oxygens (including phenoxy) is 3. The smallest absolute Gasteiger partial charge is 0.244 e. The topological polar surface area (TPSA) is 304 Å². The number of hydrazine groups is 1. The van der Waals surface area contributed by atoms with Crippen molar-refractivity contribution in [3.63, 3.8) is 0 Å². The molecule has 11 N–H and O–H groups in total. The molecule has 0 atom stereocenters. The fourth-order valence-corrected chi connectivity index (χ4v) is 6.03. The number of nitrogens with zero attached hydrogens (tertiary/aromatic N) is 2. The fourth-order valence-electron chi connectivity index (χ4n) is 6.03. The number of amides is 3. The van der Waals surface area contributed by atoms with E-state index < -0.39 is 0 Å². The van der Waals surface area contributed by atoms with E-state index in [0.29, 0.717) is 56.5 Å². The lowest BCUT2D eigenvalue weighted by atomic mass is 10.1. The highest BCUT2D eigenvalue weighted by atomic mass is 16.5. The Morgan fingerprint density at radius 2 is 0.746 bits per heavy atom. The maximum Gasteiger partial charge on any atom is 0.244 e. The van der Waals surface area contributed by atoms with E-state index in [2.05, 4.69) is 21.1 Å². The third-order valence-electron chi connectivity index (χ3n) is 9.40. The summed E-state index contributed by atoms with van der Waals surface area (Å²) in [6.45, 7) is 4.90. The second-order valence-corrected chi connectivity index (χ2v) is 14.8. The van der Waals surface area contributed by atoms with Gasteiger partial charge in [-0.1, -0.05) is 43.8 Å². The van der Waals surface area contributed by atoms with E-state index in [4.69, 9.17) is 30.3 Å². The van der Waals surface area contributed by atoms with Crippen LogP contribution in [0.15, 0.2) is 138 Å². The number of rotatable bonds is 14. The van der Waals surface area contributed by atoms with Crippen LogP contribution in [0.2, 0.25) is 0 Å². The number of Topliss-reactive ketones (excluding diaryl/α,β-unsaturated/α-hetero) is 1. The van der Waals surface area contributed by atoms with Crippen LogP contribution in [-0.4, -0.2) is 86.9 Å². The zero-order valence-electron chi connectivity index (χ0n) is 39.3. The van der Waals surface area contributed by atoms with Crippen LogP contribution in [0.4, 0.5) is 0 Å². The minimum atomic E-state index is -0.298. The minimum absolute atomic E-state index is 0. The van der Waals surface area contributed by atoms with Crippen LogP contribution < -0.4 is 36.3 Å². The monoisotopic (exact) mass is 976 g/mol. The molecule has 3 amide bonds.